The third-order valence-electron chi connectivity index (χ3n) is 4.95. The first-order chi connectivity index (χ1) is 13.4. The standard InChI is InChI=1S/C21H23ClFN3O2/c1-14-4-2-3-5-15(14)12-25-20(27)11-19-21(28)24-8-9-26(19)13-16-6-7-17(23)10-18(16)22/h2-7,10,19H,8-9,11-13H2,1H3,(H,24,28)(H,25,27)/t19-/m0/s1. The smallest absolute Gasteiger partial charge is 0.237 e. The Morgan fingerprint density at radius 1 is 1.29 bits per heavy atom. The van der Waals surface area contributed by atoms with E-state index in [1.807, 2.05) is 36.1 Å². The van der Waals surface area contributed by atoms with Crippen molar-refractivity contribution in [3.05, 3.63) is 70.0 Å². The van der Waals surface area contributed by atoms with Crippen molar-refractivity contribution in [1.82, 2.24) is 15.5 Å². The Balaban J connectivity index is 1.64. The van der Waals surface area contributed by atoms with Gasteiger partial charge in [-0.2, -0.15) is 0 Å². The van der Waals surface area contributed by atoms with Crippen LogP contribution in [0.5, 0.6) is 0 Å². The van der Waals surface area contributed by atoms with Crippen molar-refractivity contribution in [2.75, 3.05) is 13.1 Å². The highest BCUT2D eigenvalue weighted by Crippen LogP contribution is 2.21. The van der Waals surface area contributed by atoms with E-state index in [1.54, 1.807) is 6.07 Å². The van der Waals surface area contributed by atoms with Crippen molar-refractivity contribution in [2.24, 2.45) is 0 Å². The van der Waals surface area contributed by atoms with Crippen LogP contribution in [0.4, 0.5) is 4.39 Å². The molecule has 0 aliphatic carbocycles. The first-order valence-corrected chi connectivity index (χ1v) is 9.58. The summed E-state index contributed by atoms with van der Waals surface area (Å²) in [6.45, 7) is 3.88. The van der Waals surface area contributed by atoms with Crippen molar-refractivity contribution in [3.63, 3.8) is 0 Å². The highest BCUT2D eigenvalue weighted by molar-refractivity contribution is 6.31. The summed E-state index contributed by atoms with van der Waals surface area (Å²) >= 11 is 6.12. The minimum Gasteiger partial charge on any atom is -0.353 e. The molecule has 0 unspecified atom stereocenters. The lowest BCUT2D eigenvalue weighted by Gasteiger charge is -2.34. The summed E-state index contributed by atoms with van der Waals surface area (Å²) in [7, 11) is 0. The normalized spacial score (nSPS) is 17.2. The molecule has 1 aliphatic rings. The number of halogens is 2. The third kappa shape index (κ3) is 5.09. The number of hydrogen-bond acceptors (Lipinski definition) is 3. The lowest BCUT2D eigenvalue weighted by Crippen LogP contribution is -2.56. The monoisotopic (exact) mass is 403 g/mol. The third-order valence-corrected chi connectivity index (χ3v) is 5.30. The van der Waals surface area contributed by atoms with Gasteiger partial charge in [0.05, 0.1) is 12.5 Å². The number of amides is 2. The Kier molecular flexibility index (Phi) is 6.65. The van der Waals surface area contributed by atoms with Gasteiger partial charge in [0.2, 0.25) is 11.8 Å². The van der Waals surface area contributed by atoms with Gasteiger partial charge in [0.15, 0.2) is 0 Å². The Hall–Kier alpha value is -2.44. The molecule has 3 rings (SSSR count). The average Bonchev–Trinajstić information content (AvgIpc) is 2.66. The van der Waals surface area contributed by atoms with Gasteiger partial charge in [0.25, 0.3) is 0 Å². The van der Waals surface area contributed by atoms with Crippen molar-refractivity contribution in [1.29, 1.82) is 0 Å². The zero-order valence-electron chi connectivity index (χ0n) is 15.7. The average molecular weight is 404 g/mol. The number of rotatable bonds is 6. The summed E-state index contributed by atoms with van der Waals surface area (Å²) in [5, 5.41) is 6.01. The van der Waals surface area contributed by atoms with Crippen LogP contribution in [0.3, 0.4) is 0 Å². The number of benzene rings is 2. The molecule has 0 bridgehead atoms. The molecule has 2 aromatic rings. The van der Waals surface area contributed by atoms with Crippen LogP contribution in [0.25, 0.3) is 0 Å². The lowest BCUT2D eigenvalue weighted by molar-refractivity contribution is -0.134. The minimum atomic E-state index is -0.591. The molecule has 0 saturated carbocycles. The van der Waals surface area contributed by atoms with Gasteiger partial charge in [-0.05, 0) is 35.7 Å². The van der Waals surface area contributed by atoms with Crippen LogP contribution >= 0.6 is 11.6 Å². The van der Waals surface area contributed by atoms with Gasteiger partial charge in [0.1, 0.15) is 5.82 Å². The molecule has 0 aromatic heterocycles. The molecule has 1 heterocycles. The van der Waals surface area contributed by atoms with Gasteiger partial charge < -0.3 is 10.6 Å². The molecule has 28 heavy (non-hydrogen) atoms. The van der Waals surface area contributed by atoms with E-state index in [9.17, 15) is 14.0 Å². The maximum atomic E-state index is 13.3. The molecule has 7 heteroatoms. The zero-order valence-corrected chi connectivity index (χ0v) is 16.4. The van der Waals surface area contributed by atoms with Gasteiger partial charge in [0, 0.05) is 31.2 Å². The topological polar surface area (TPSA) is 61.4 Å². The number of nitrogens with zero attached hydrogens (tertiary/aromatic N) is 1. The first kappa shape index (κ1) is 20.3. The molecule has 148 valence electrons. The van der Waals surface area contributed by atoms with E-state index in [0.717, 1.165) is 16.7 Å². The van der Waals surface area contributed by atoms with E-state index in [2.05, 4.69) is 10.6 Å². The van der Waals surface area contributed by atoms with Crippen LogP contribution in [-0.4, -0.2) is 35.8 Å². The van der Waals surface area contributed by atoms with Gasteiger partial charge in [-0.15, -0.1) is 0 Å². The second kappa shape index (κ2) is 9.17. The maximum absolute atomic E-state index is 13.3. The number of carbonyl (C=O) groups is 2. The van der Waals surface area contributed by atoms with Crippen molar-refractivity contribution >= 4 is 23.4 Å². The Morgan fingerprint density at radius 3 is 2.82 bits per heavy atom. The number of hydrogen-bond donors (Lipinski definition) is 2. The SMILES string of the molecule is Cc1ccccc1CNC(=O)C[C@H]1C(=O)NCCN1Cc1ccc(F)cc1Cl. The van der Waals surface area contributed by atoms with Crippen LogP contribution in [0.1, 0.15) is 23.1 Å². The van der Waals surface area contributed by atoms with Crippen molar-refractivity contribution in [2.45, 2.75) is 32.5 Å². The fourth-order valence-corrected chi connectivity index (χ4v) is 3.52. The van der Waals surface area contributed by atoms with E-state index in [1.165, 1.54) is 12.1 Å². The van der Waals surface area contributed by atoms with E-state index >= 15 is 0 Å². The van der Waals surface area contributed by atoms with Gasteiger partial charge >= 0.3 is 0 Å². The Labute approximate surface area is 168 Å². The molecule has 1 atom stereocenters. The second-order valence-corrected chi connectivity index (χ2v) is 7.33. The molecule has 1 saturated heterocycles. The second-order valence-electron chi connectivity index (χ2n) is 6.92. The molecule has 5 nitrogen and oxygen atoms in total. The Morgan fingerprint density at radius 2 is 2.07 bits per heavy atom. The highest BCUT2D eigenvalue weighted by Gasteiger charge is 2.31. The van der Waals surface area contributed by atoms with Crippen molar-refractivity contribution < 1.29 is 14.0 Å². The fourth-order valence-electron chi connectivity index (χ4n) is 3.29. The van der Waals surface area contributed by atoms with Gasteiger partial charge in [-0.25, -0.2) is 4.39 Å². The minimum absolute atomic E-state index is 0.0521. The van der Waals surface area contributed by atoms with Gasteiger partial charge in [-0.1, -0.05) is 41.9 Å². The molecule has 2 aromatic carbocycles. The number of nitrogens with one attached hydrogen (secondary N) is 2. The van der Waals surface area contributed by atoms with E-state index in [4.69, 9.17) is 11.6 Å². The van der Waals surface area contributed by atoms with Crippen LogP contribution in [0.2, 0.25) is 5.02 Å². The summed E-state index contributed by atoms with van der Waals surface area (Å²) in [4.78, 5) is 26.7. The summed E-state index contributed by atoms with van der Waals surface area (Å²) in [5.41, 5.74) is 2.87. The molecule has 1 fully saturated rings. The highest BCUT2D eigenvalue weighted by atomic mass is 35.5. The first-order valence-electron chi connectivity index (χ1n) is 9.21. The summed E-state index contributed by atoms with van der Waals surface area (Å²) in [5.74, 6) is -0.784. The molecule has 1 aliphatic heterocycles. The van der Waals surface area contributed by atoms with Crippen LogP contribution < -0.4 is 10.6 Å². The number of aryl methyl sites for hydroxylation is 1. The molecule has 0 spiro atoms. The maximum Gasteiger partial charge on any atom is 0.237 e. The van der Waals surface area contributed by atoms with E-state index in [0.29, 0.717) is 31.2 Å². The largest absolute Gasteiger partial charge is 0.353 e. The summed E-state index contributed by atoms with van der Waals surface area (Å²) in [6.07, 6.45) is 0.0521. The lowest BCUT2D eigenvalue weighted by atomic mass is 10.1. The van der Waals surface area contributed by atoms with Crippen LogP contribution in [-0.2, 0) is 22.7 Å². The predicted molar refractivity (Wildman–Crippen MR) is 106 cm³/mol. The van der Waals surface area contributed by atoms with E-state index < -0.39 is 11.9 Å². The molecule has 0 radical (unpaired) electrons. The fraction of sp³-hybridized carbons (Fsp3) is 0.333. The summed E-state index contributed by atoms with van der Waals surface area (Å²) in [6, 6.07) is 11.4. The van der Waals surface area contributed by atoms with E-state index in [-0.39, 0.29) is 18.2 Å². The quantitative estimate of drug-likeness (QED) is 0.779. The summed E-state index contributed by atoms with van der Waals surface area (Å²) < 4.78 is 13.3. The predicted octanol–water partition coefficient (Wildman–Crippen LogP) is 2.79. The molecular formula is C21H23ClFN3O2. The number of piperazine rings is 1. The Bertz CT molecular complexity index is 874. The number of carbonyl (C=O) groups excluding carboxylic acids is 2. The molecule has 2 N–H and O–H groups in total. The molecular weight excluding hydrogens is 381 g/mol. The van der Waals surface area contributed by atoms with Gasteiger partial charge in [-0.3, -0.25) is 14.5 Å². The van der Waals surface area contributed by atoms with Crippen molar-refractivity contribution in [3.8, 4) is 0 Å². The zero-order chi connectivity index (χ0) is 20.1. The molecule has 2 amide bonds. The van der Waals surface area contributed by atoms with Crippen LogP contribution in [0.15, 0.2) is 42.5 Å². The van der Waals surface area contributed by atoms with Crippen LogP contribution in [0, 0.1) is 12.7 Å².